The van der Waals surface area contributed by atoms with Crippen molar-refractivity contribution >= 4 is 17.1 Å². The van der Waals surface area contributed by atoms with E-state index in [0.717, 1.165) is 24.1 Å². The van der Waals surface area contributed by atoms with Crippen LogP contribution in [0.15, 0.2) is 60.5 Å². The molecule has 0 aliphatic heterocycles. The fraction of sp³-hybridized carbons (Fsp3) is 0.150. The molecule has 3 rings (SSSR count). The van der Waals surface area contributed by atoms with Gasteiger partial charge in [0.25, 0.3) is 0 Å². The lowest BCUT2D eigenvalue weighted by Crippen LogP contribution is -1.98. The number of rotatable bonds is 4. The van der Waals surface area contributed by atoms with Crippen LogP contribution in [0.1, 0.15) is 31.0 Å². The van der Waals surface area contributed by atoms with E-state index in [9.17, 15) is 5.11 Å². The second-order valence-corrected chi connectivity index (χ2v) is 5.59. The molecule has 0 bridgehead atoms. The largest absolute Gasteiger partial charge is 0.503 e. The average Bonchev–Trinajstić information content (AvgIpc) is 2.89. The van der Waals surface area contributed by atoms with Crippen LogP contribution in [0.3, 0.4) is 0 Å². The highest BCUT2D eigenvalue weighted by Gasteiger charge is 2.13. The summed E-state index contributed by atoms with van der Waals surface area (Å²) in [6.07, 6.45) is 11.4. The molecule has 0 unspecified atom stereocenters. The van der Waals surface area contributed by atoms with E-state index in [1.807, 2.05) is 18.2 Å². The Bertz CT molecular complexity index is 902. The van der Waals surface area contributed by atoms with E-state index in [2.05, 4.69) is 34.4 Å². The summed E-state index contributed by atoms with van der Waals surface area (Å²) in [6.45, 7) is 2.11. The number of nitriles is 1. The van der Waals surface area contributed by atoms with Crippen LogP contribution in [0, 0.1) is 11.3 Å². The summed E-state index contributed by atoms with van der Waals surface area (Å²) in [7, 11) is 0. The summed E-state index contributed by atoms with van der Waals surface area (Å²) in [5.74, 6) is 0.333. The molecule has 1 aliphatic carbocycles. The highest BCUT2D eigenvalue weighted by molar-refractivity contribution is 5.80. The first kappa shape index (κ1) is 16.5. The number of nitrogens with one attached hydrogen (secondary N) is 1. The van der Waals surface area contributed by atoms with Gasteiger partial charge >= 0.3 is 0 Å². The molecule has 0 saturated carbocycles. The molecule has 0 amide bonds. The summed E-state index contributed by atoms with van der Waals surface area (Å²) in [6, 6.07) is 9.01. The normalized spacial score (nSPS) is 13.4. The Hall–Kier alpha value is -3.39. The minimum Gasteiger partial charge on any atom is -0.503 e. The minimum absolute atomic E-state index is 0.00251. The number of aromatic nitrogens is 2. The Labute approximate surface area is 146 Å². The van der Waals surface area contributed by atoms with Crippen LogP contribution in [0.25, 0.3) is 5.57 Å². The van der Waals surface area contributed by atoms with Gasteiger partial charge in [-0.3, -0.25) is 0 Å². The number of anilines is 2. The van der Waals surface area contributed by atoms with Crippen molar-refractivity contribution in [2.75, 3.05) is 5.32 Å². The number of aromatic hydroxyl groups is 1. The van der Waals surface area contributed by atoms with Gasteiger partial charge in [0, 0.05) is 11.3 Å². The summed E-state index contributed by atoms with van der Waals surface area (Å²) in [5, 5.41) is 22.5. The SMILES string of the molecule is CCC1=CCC=C(c2ncnc(Nc3ccc(C#N)cc3)c2O)C=C1. The molecule has 0 fully saturated rings. The molecular formula is C20H18N4O. The Kier molecular flexibility index (Phi) is 4.91. The van der Waals surface area contributed by atoms with Gasteiger partial charge in [0.1, 0.15) is 12.0 Å². The van der Waals surface area contributed by atoms with Crippen molar-refractivity contribution in [2.24, 2.45) is 0 Å². The summed E-state index contributed by atoms with van der Waals surface area (Å²) < 4.78 is 0. The van der Waals surface area contributed by atoms with Crippen molar-refractivity contribution in [3.63, 3.8) is 0 Å². The zero-order valence-electron chi connectivity index (χ0n) is 13.9. The molecule has 1 aromatic heterocycles. The maximum absolute atomic E-state index is 10.6. The fourth-order valence-corrected chi connectivity index (χ4v) is 2.55. The maximum Gasteiger partial charge on any atom is 0.185 e. The molecule has 25 heavy (non-hydrogen) atoms. The molecule has 2 aromatic rings. The summed E-state index contributed by atoms with van der Waals surface area (Å²) in [4.78, 5) is 8.36. The van der Waals surface area contributed by atoms with Gasteiger partial charge in [-0.15, -0.1) is 0 Å². The standard InChI is InChI=1S/C20H18N4O/c1-2-14-4-3-5-16(9-6-14)18-19(25)20(23-13-22-18)24-17-10-7-15(12-21)8-11-17/h4-11,13,25H,2-3H2,1H3,(H,22,23,24). The van der Waals surface area contributed by atoms with Gasteiger partial charge in [-0.05, 0) is 37.1 Å². The third-order valence-electron chi connectivity index (χ3n) is 3.98. The molecular weight excluding hydrogens is 312 g/mol. The number of nitrogens with zero attached hydrogens (tertiary/aromatic N) is 3. The Morgan fingerprint density at radius 3 is 2.68 bits per heavy atom. The highest BCUT2D eigenvalue weighted by atomic mass is 16.3. The zero-order chi connectivity index (χ0) is 17.6. The molecule has 5 heteroatoms. The van der Waals surface area contributed by atoms with Crippen LogP contribution in [0.5, 0.6) is 5.75 Å². The topological polar surface area (TPSA) is 81.8 Å². The second kappa shape index (κ2) is 7.45. The van der Waals surface area contributed by atoms with E-state index in [4.69, 9.17) is 5.26 Å². The van der Waals surface area contributed by atoms with Crippen LogP contribution in [0.2, 0.25) is 0 Å². The first-order valence-electron chi connectivity index (χ1n) is 8.10. The van der Waals surface area contributed by atoms with E-state index in [1.165, 1.54) is 11.9 Å². The fourth-order valence-electron chi connectivity index (χ4n) is 2.55. The Balaban J connectivity index is 1.87. The molecule has 0 spiro atoms. The van der Waals surface area contributed by atoms with Gasteiger partial charge in [0.2, 0.25) is 0 Å². The molecule has 1 heterocycles. The van der Waals surface area contributed by atoms with Gasteiger partial charge in [-0.1, -0.05) is 36.8 Å². The predicted molar refractivity (Wildman–Crippen MR) is 98.2 cm³/mol. The third kappa shape index (κ3) is 3.75. The van der Waals surface area contributed by atoms with Gasteiger partial charge in [-0.2, -0.15) is 5.26 Å². The monoisotopic (exact) mass is 330 g/mol. The smallest absolute Gasteiger partial charge is 0.185 e. The summed E-state index contributed by atoms with van der Waals surface area (Å²) in [5.41, 5.74) is 3.93. The lowest BCUT2D eigenvalue weighted by Gasteiger charge is -2.10. The first-order chi connectivity index (χ1) is 12.2. The van der Waals surface area contributed by atoms with E-state index in [-0.39, 0.29) is 5.75 Å². The molecule has 0 radical (unpaired) electrons. The number of allylic oxidation sites excluding steroid dienone is 6. The van der Waals surface area contributed by atoms with Crippen molar-refractivity contribution in [1.29, 1.82) is 5.26 Å². The molecule has 1 aliphatic rings. The Morgan fingerprint density at radius 2 is 1.96 bits per heavy atom. The molecule has 0 atom stereocenters. The van der Waals surface area contributed by atoms with Crippen LogP contribution < -0.4 is 5.32 Å². The van der Waals surface area contributed by atoms with Crippen LogP contribution in [-0.4, -0.2) is 15.1 Å². The molecule has 2 N–H and O–H groups in total. The average molecular weight is 330 g/mol. The summed E-state index contributed by atoms with van der Waals surface area (Å²) >= 11 is 0. The van der Waals surface area contributed by atoms with Crippen molar-refractivity contribution < 1.29 is 5.11 Å². The molecule has 0 saturated heterocycles. The van der Waals surface area contributed by atoms with Crippen molar-refractivity contribution in [2.45, 2.75) is 19.8 Å². The molecule has 1 aromatic carbocycles. The van der Waals surface area contributed by atoms with Gasteiger partial charge in [0.05, 0.1) is 11.6 Å². The third-order valence-corrected chi connectivity index (χ3v) is 3.98. The Morgan fingerprint density at radius 1 is 1.16 bits per heavy atom. The van der Waals surface area contributed by atoms with Gasteiger partial charge in [-0.25, -0.2) is 9.97 Å². The van der Waals surface area contributed by atoms with Crippen molar-refractivity contribution in [3.05, 3.63) is 71.7 Å². The number of benzene rings is 1. The second-order valence-electron chi connectivity index (χ2n) is 5.59. The van der Waals surface area contributed by atoms with Gasteiger partial charge in [0.15, 0.2) is 11.6 Å². The predicted octanol–water partition coefficient (Wildman–Crippen LogP) is 4.48. The number of hydrogen-bond acceptors (Lipinski definition) is 5. The van der Waals surface area contributed by atoms with Crippen molar-refractivity contribution in [1.82, 2.24) is 9.97 Å². The maximum atomic E-state index is 10.6. The van der Waals surface area contributed by atoms with E-state index in [0.29, 0.717) is 17.1 Å². The molecule has 124 valence electrons. The van der Waals surface area contributed by atoms with E-state index in [1.54, 1.807) is 24.3 Å². The first-order valence-corrected chi connectivity index (χ1v) is 8.10. The lowest BCUT2D eigenvalue weighted by atomic mass is 10.1. The highest BCUT2D eigenvalue weighted by Crippen LogP contribution is 2.32. The van der Waals surface area contributed by atoms with Crippen LogP contribution in [-0.2, 0) is 0 Å². The van der Waals surface area contributed by atoms with Crippen LogP contribution in [0.4, 0.5) is 11.5 Å². The quantitative estimate of drug-likeness (QED) is 0.864. The minimum atomic E-state index is 0.00251. The van der Waals surface area contributed by atoms with E-state index < -0.39 is 0 Å². The van der Waals surface area contributed by atoms with E-state index >= 15 is 0 Å². The van der Waals surface area contributed by atoms with Crippen molar-refractivity contribution in [3.8, 4) is 11.8 Å². The number of hydrogen-bond donors (Lipinski definition) is 2. The van der Waals surface area contributed by atoms with Gasteiger partial charge < -0.3 is 10.4 Å². The lowest BCUT2D eigenvalue weighted by molar-refractivity contribution is 0.470. The molecule has 5 nitrogen and oxygen atoms in total. The zero-order valence-corrected chi connectivity index (χ0v) is 13.9. The van der Waals surface area contributed by atoms with Crippen LogP contribution >= 0.6 is 0 Å².